The van der Waals surface area contributed by atoms with E-state index in [9.17, 15) is 9.59 Å². The molecule has 0 saturated carbocycles. The molecule has 4 heterocycles. The third-order valence-electron chi connectivity index (χ3n) is 6.30. The third kappa shape index (κ3) is 6.73. The maximum Gasteiger partial charge on any atom is 0.300 e. The Morgan fingerprint density at radius 2 is 2.00 bits per heavy atom. The Bertz CT molecular complexity index is 1480. The molecule has 11 heteroatoms. The smallest absolute Gasteiger partial charge is 0.300 e. The highest BCUT2D eigenvalue weighted by molar-refractivity contribution is 8.26. The molecule has 9 nitrogen and oxygen atoms in total. The average molecular weight is 567 g/mol. The lowest BCUT2D eigenvalue weighted by Crippen LogP contribution is -2.35. The molecule has 2 N–H and O–H groups in total. The maximum absolute atomic E-state index is 13.6. The van der Waals surface area contributed by atoms with Crippen LogP contribution in [0.2, 0.25) is 0 Å². The van der Waals surface area contributed by atoms with Crippen LogP contribution in [0.4, 0.5) is 5.82 Å². The number of aromatic nitrogens is 2. The number of benzene rings is 1. The lowest BCUT2D eigenvalue weighted by atomic mass is 10.1. The first-order valence-electron chi connectivity index (χ1n) is 12.6. The lowest BCUT2D eigenvalue weighted by molar-refractivity contribution is -0.134. The summed E-state index contributed by atoms with van der Waals surface area (Å²) in [6.07, 6.45) is 5.22. The molecular formula is C28H30N4O5S2. The minimum atomic E-state index is -0.833. The topological polar surface area (TPSA) is 113 Å². The molecule has 2 aliphatic rings. The molecule has 2 saturated heterocycles. The van der Waals surface area contributed by atoms with Gasteiger partial charge in [0.2, 0.25) is 0 Å². The predicted octanol–water partition coefficient (Wildman–Crippen LogP) is 4.65. The van der Waals surface area contributed by atoms with Crippen molar-refractivity contribution in [3.63, 3.8) is 0 Å². The summed E-state index contributed by atoms with van der Waals surface area (Å²) in [6.45, 7) is 6.17. The second-order valence-electron chi connectivity index (χ2n) is 9.29. The van der Waals surface area contributed by atoms with Crippen molar-refractivity contribution in [3.05, 3.63) is 80.6 Å². The molecule has 2 aromatic heterocycles. The number of carbonyl (C=O) groups is 2. The first-order valence-corrected chi connectivity index (χ1v) is 13.8. The number of thiocarbonyl (C=S) groups is 1. The van der Waals surface area contributed by atoms with Crippen LogP contribution in [0.3, 0.4) is 0 Å². The number of aliphatic carboxylic acids is 1. The Balaban J connectivity index is 0.000000826. The van der Waals surface area contributed by atoms with Gasteiger partial charge in [-0.1, -0.05) is 60.4 Å². The molecule has 2 fully saturated rings. The number of pyridine rings is 1. The number of nitrogens with zero attached hydrogens (tertiary/aromatic N) is 3. The zero-order valence-corrected chi connectivity index (χ0v) is 23.6. The van der Waals surface area contributed by atoms with E-state index >= 15 is 0 Å². The summed E-state index contributed by atoms with van der Waals surface area (Å²) in [4.78, 5) is 42.6. The molecule has 1 amide bonds. The molecule has 0 bridgehead atoms. The minimum Gasteiger partial charge on any atom is -0.481 e. The fraction of sp³-hybridized carbons (Fsp3) is 0.321. The van der Waals surface area contributed by atoms with Gasteiger partial charge < -0.3 is 15.2 Å². The van der Waals surface area contributed by atoms with Crippen LogP contribution in [-0.2, 0) is 14.3 Å². The van der Waals surface area contributed by atoms with Gasteiger partial charge >= 0.3 is 0 Å². The van der Waals surface area contributed by atoms with E-state index in [1.807, 2.05) is 56.3 Å². The van der Waals surface area contributed by atoms with Gasteiger partial charge in [-0.25, -0.2) is 4.98 Å². The van der Waals surface area contributed by atoms with Crippen LogP contribution >= 0.6 is 24.0 Å². The average Bonchev–Trinajstić information content (AvgIpc) is 3.51. The van der Waals surface area contributed by atoms with E-state index in [1.54, 1.807) is 17.2 Å². The Hall–Kier alpha value is -3.54. The fourth-order valence-electron chi connectivity index (χ4n) is 4.36. The zero-order chi connectivity index (χ0) is 28.1. The quantitative estimate of drug-likeness (QED) is 0.325. The van der Waals surface area contributed by atoms with Crippen LogP contribution < -0.4 is 10.9 Å². The zero-order valence-electron chi connectivity index (χ0n) is 21.9. The van der Waals surface area contributed by atoms with Gasteiger partial charge in [-0.05, 0) is 50.0 Å². The van der Waals surface area contributed by atoms with Gasteiger partial charge in [0.25, 0.3) is 17.4 Å². The molecule has 204 valence electrons. The molecule has 39 heavy (non-hydrogen) atoms. The van der Waals surface area contributed by atoms with Crippen LogP contribution in [0.5, 0.6) is 0 Å². The van der Waals surface area contributed by atoms with E-state index in [-0.39, 0.29) is 23.6 Å². The van der Waals surface area contributed by atoms with E-state index in [1.165, 1.54) is 16.2 Å². The molecule has 2 atom stereocenters. The predicted molar refractivity (Wildman–Crippen MR) is 157 cm³/mol. The van der Waals surface area contributed by atoms with E-state index in [0.29, 0.717) is 39.4 Å². The summed E-state index contributed by atoms with van der Waals surface area (Å²) < 4.78 is 7.69. The van der Waals surface area contributed by atoms with Crippen LogP contribution in [0.15, 0.2) is 58.4 Å². The molecule has 0 aliphatic carbocycles. The highest BCUT2D eigenvalue weighted by Crippen LogP contribution is 2.34. The molecule has 2 aliphatic heterocycles. The number of carboxylic acid groups (broad SMARTS) is 1. The molecule has 2 unspecified atom stereocenters. The number of fused-ring (bicyclic) bond motifs is 1. The Kier molecular flexibility index (Phi) is 9.16. The highest BCUT2D eigenvalue weighted by atomic mass is 32.2. The van der Waals surface area contributed by atoms with Crippen molar-refractivity contribution in [2.24, 2.45) is 0 Å². The molecule has 0 radical (unpaired) electrons. The van der Waals surface area contributed by atoms with Crippen molar-refractivity contribution in [1.82, 2.24) is 14.3 Å². The largest absolute Gasteiger partial charge is 0.481 e. The molecule has 3 aromatic rings. The monoisotopic (exact) mass is 566 g/mol. The van der Waals surface area contributed by atoms with E-state index in [4.69, 9.17) is 31.8 Å². The number of nitrogens with one attached hydrogen (secondary N) is 1. The summed E-state index contributed by atoms with van der Waals surface area (Å²) >= 11 is 6.71. The first kappa shape index (κ1) is 28.5. The van der Waals surface area contributed by atoms with Crippen LogP contribution in [0, 0.1) is 6.92 Å². The van der Waals surface area contributed by atoms with Crippen molar-refractivity contribution in [3.8, 4) is 0 Å². The number of anilines is 1. The number of aryl methyl sites for hydroxylation is 1. The SMILES string of the molecule is CC(=O)O.Cc1cccn2c(=O)c(C=C3SC(=S)N(CC4CCCO4)C3=O)c(NC(C)c3ccccc3)nc12. The highest BCUT2D eigenvalue weighted by Gasteiger charge is 2.35. The Labute approximate surface area is 235 Å². The standard InChI is InChI=1S/C26H26N4O3S2.C2H4O2/c1-16-8-6-12-29-23(16)28-22(27-17(2)18-9-4-3-5-10-18)20(24(29)31)14-21-25(32)30(26(34)35-21)15-19-11-7-13-33-19;1-2(3)4/h3-6,8-10,12,14,17,19,27H,7,11,13,15H2,1-2H3;1H3,(H,3,4). The Morgan fingerprint density at radius 1 is 1.28 bits per heavy atom. The van der Waals surface area contributed by atoms with Gasteiger partial charge in [-0.15, -0.1) is 0 Å². The summed E-state index contributed by atoms with van der Waals surface area (Å²) in [5.74, 6) is -0.601. The van der Waals surface area contributed by atoms with Gasteiger partial charge in [0.05, 0.1) is 23.1 Å². The number of ether oxygens (including phenoxy) is 1. The molecule has 0 spiro atoms. The van der Waals surface area contributed by atoms with E-state index in [2.05, 4.69) is 5.32 Å². The molecule has 5 rings (SSSR count). The van der Waals surface area contributed by atoms with Crippen molar-refractivity contribution in [2.45, 2.75) is 45.8 Å². The second kappa shape index (κ2) is 12.5. The number of carboxylic acids is 1. The van der Waals surface area contributed by atoms with Crippen LogP contribution in [0.1, 0.15) is 49.4 Å². The molecule has 1 aromatic carbocycles. The van der Waals surface area contributed by atoms with Gasteiger partial charge in [0, 0.05) is 25.8 Å². The minimum absolute atomic E-state index is 0.00302. The van der Waals surface area contributed by atoms with Crippen molar-refractivity contribution in [2.75, 3.05) is 18.5 Å². The summed E-state index contributed by atoms with van der Waals surface area (Å²) in [5.41, 5.74) is 2.60. The van der Waals surface area contributed by atoms with Gasteiger partial charge in [-0.2, -0.15) is 0 Å². The van der Waals surface area contributed by atoms with Crippen molar-refractivity contribution in [1.29, 1.82) is 0 Å². The lowest BCUT2D eigenvalue weighted by Gasteiger charge is -2.19. The fourth-order valence-corrected chi connectivity index (χ4v) is 5.62. The van der Waals surface area contributed by atoms with Crippen molar-refractivity contribution < 1.29 is 19.4 Å². The summed E-state index contributed by atoms with van der Waals surface area (Å²) in [5, 5.41) is 10.8. The second-order valence-corrected chi connectivity index (χ2v) is 11.0. The van der Waals surface area contributed by atoms with E-state index in [0.717, 1.165) is 30.9 Å². The number of amides is 1. The maximum atomic E-state index is 13.6. The number of thioether (sulfide) groups is 1. The van der Waals surface area contributed by atoms with Crippen LogP contribution in [0.25, 0.3) is 11.7 Å². The number of hydrogen-bond donors (Lipinski definition) is 2. The number of hydrogen-bond acceptors (Lipinski definition) is 8. The van der Waals surface area contributed by atoms with Gasteiger partial charge in [0.15, 0.2) is 0 Å². The summed E-state index contributed by atoms with van der Waals surface area (Å²) in [7, 11) is 0. The molecular weight excluding hydrogens is 536 g/mol. The summed E-state index contributed by atoms with van der Waals surface area (Å²) in [6, 6.07) is 13.6. The third-order valence-corrected chi connectivity index (χ3v) is 7.67. The number of carbonyl (C=O) groups excluding carboxylic acids is 1. The van der Waals surface area contributed by atoms with Crippen LogP contribution in [-0.4, -0.2) is 54.8 Å². The normalized spacial score (nSPS) is 18.8. The Morgan fingerprint density at radius 3 is 2.67 bits per heavy atom. The number of rotatable bonds is 6. The first-order chi connectivity index (χ1) is 18.7. The van der Waals surface area contributed by atoms with Gasteiger partial charge in [-0.3, -0.25) is 23.7 Å². The van der Waals surface area contributed by atoms with Gasteiger partial charge in [0.1, 0.15) is 15.8 Å². The van der Waals surface area contributed by atoms with E-state index < -0.39 is 5.97 Å². The van der Waals surface area contributed by atoms with Crippen molar-refractivity contribution >= 4 is 57.7 Å².